The van der Waals surface area contributed by atoms with Crippen LogP contribution < -0.4 is 19.1 Å². The maximum atomic E-state index is 13.9. The van der Waals surface area contributed by atoms with Crippen molar-refractivity contribution < 1.29 is 42.4 Å². The number of fused-ring (bicyclic) bond motifs is 3. The zero-order valence-electron chi connectivity index (χ0n) is 29.9. The highest BCUT2D eigenvalue weighted by atomic mass is 35.5. The lowest BCUT2D eigenvalue weighted by Gasteiger charge is -2.44. The molecule has 1 saturated carbocycles. The number of alkyl halides is 2. The zero-order valence-corrected chi connectivity index (χ0v) is 31.4. The van der Waals surface area contributed by atoms with Crippen LogP contribution in [0.1, 0.15) is 59.8 Å². The van der Waals surface area contributed by atoms with Crippen molar-refractivity contribution in [3.8, 4) is 11.5 Å². The Morgan fingerprint density at radius 1 is 0.927 bits per heavy atom. The van der Waals surface area contributed by atoms with Crippen LogP contribution >= 0.6 is 23.2 Å². The second-order valence-corrected chi connectivity index (χ2v) is 15.3. The number of anilines is 1. The second-order valence-electron chi connectivity index (χ2n) is 14.5. The highest BCUT2D eigenvalue weighted by Gasteiger charge is 2.38. The molecule has 2 bridgehead atoms. The Morgan fingerprint density at radius 2 is 1.65 bits per heavy atom. The molecular weight excluding hydrogens is 755 g/mol. The summed E-state index contributed by atoms with van der Waals surface area (Å²) in [5.74, 6) is -2.85. The van der Waals surface area contributed by atoms with E-state index in [2.05, 4.69) is 4.90 Å². The minimum absolute atomic E-state index is 0.0354. The fraction of sp³-hybridized carbons (Fsp3) is 0.390. The number of nitrogens with zero attached hydrogens (tertiary/aromatic N) is 3. The first-order chi connectivity index (χ1) is 26.5. The van der Waals surface area contributed by atoms with Gasteiger partial charge in [0.1, 0.15) is 16.1 Å². The van der Waals surface area contributed by atoms with Gasteiger partial charge in [0, 0.05) is 23.7 Å². The van der Waals surface area contributed by atoms with Crippen LogP contribution in [0.25, 0.3) is 0 Å². The summed E-state index contributed by atoms with van der Waals surface area (Å²) in [6, 6.07) is 20.5. The summed E-state index contributed by atoms with van der Waals surface area (Å²) in [7, 11) is 0. The predicted molar refractivity (Wildman–Crippen MR) is 202 cm³/mol. The largest absolute Gasteiger partial charge is 0.619 e. The fourth-order valence-electron chi connectivity index (χ4n) is 7.65. The zero-order chi connectivity index (χ0) is 38.6. The highest BCUT2D eigenvalue weighted by Crippen LogP contribution is 2.43. The van der Waals surface area contributed by atoms with E-state index in [9.17, 15) is 28.7 Å². The average molecular weight is 797 g/mol. The van der Waals surface area contributed by atoms with E-state index in [4.69, 9.17) is 37.4 Å². The number of carboxylic acid groups (broad SMARTS) is 1. The number of pyridine rings is 1. The molecular formula is C41H41Cl2F2N3O7. The van der Waals surface area contributed by atoms with Gasteiger partial charge in [-0.2, -0.15) is 13.5 Å². The maximum Gasteiger partial charge on any atom is 0.414 e. The number of piperidine rings is 3. The van der Waals surface area contributed by atoms with Crippen LogP contribution in [0.5, 0.6) is 11.5 Å². The van der Waals surface area contributed by atoms with E-state index in [0.717, 1.165) is 51.2 Å². The summed E-state index contributed by atoms with van der Waals surface area (Å²) in [5.41, 5.74) is 2.45. The molecule has 3 aliphatic heterocycles. The van der Waals surface area contributed by atoms with Crippen LogP contribution in [0, 0.1) is 17.0 Å². The molecule has 1 amide bonds. The van der Waals surface area contributed by atoms with Gasteiger partial charge in [-0.1, -0.05) is 71.7 Å². The number of halogens is 4. The third kappa shape index (κ3) is 9.42. The number of ether oxygens (including phenoxy) is 3. The van der Waals surface area contributed by atoms with Crippen LogP contribution in [0.3, 0.4) is 0 Å². The molecule has 55 heavy (non-hydrogen) atoms. The Morgan fingerprint density at radius 3 is 2.29 bits per heavy atom. The number of rotatable bonds is 15. The summed E-state index contributed by atoms with van der Waals surface area (Å²) >= 11 is 13.1. The molecule has 3 atom stereocenters. The number of benzene rings is 3. The van der Waals surface area contributed by atoms with Gasteiger partial charge in [0.05, 0.1) is 19.1 Å². The van der Waals surface area contributed by atoms with E-state index in [1.165, 1.54) is 18.2 Å². The SMILES string of the molecule is O=C(O)C(c1cccc(CN(C(=O)O[C@H]2CN3CCC2CC3)c2ccccc2)c1)[C@H](Cc1c(Cl)c[n+]([O-])cc1Cl)c1ccc(OC(F)F)c(OCC2CC2)c1. The van der Waals surface area contributed by atoms with Gasteiger partial charge in [0.15, 0.2) is 23.9 Å². The van der Waals surface area contributed by atoms with Crippen molar-refractivity contribution in [2.45, 2.75) is 63.2 Å². The molecule has 1 aliphatic carbocycles. The molecule has 1 unspecified atom stereocenters. The second kappa shape index (κ2) is 17.0. The lowest BCUT2D eigenvalue weighted by molar-refractivity contribution is -0.605. The van der Waals surface area contributed by atoms with E-state index >= 15 is 0 Å². The molecule has 0 radical (unpaired) electrons. The standard InChI is InChI=1S/C41H41Cl2F2N3O7/c42-33-21-47(52)22-34(43)32(33)19-31(28-11-12-35(54-40(44)45)36(18-28)53-24-25-9-10-25)38(39(49)50)29-6-4-5-26(17-29)20-48(30-7-2-1-3-8-30)41(51)55-37-23-46-15-13-27(37)14-16-46/h1-8,11-12,17-18,21-22,25,27,31,37-38,40H,9-10,13-16,19-20,23-24H2,(H,49,50)/t31-,37+,38?/m1/s1. The Bertz CT molecular complexity index is 1970. The minimum Gasteiger partial charge on any atom is -0.619 e. The number of carboxylic acids is 1. The molecule has 1 aromatic heterocycles. The van der Waals surface area contributed by atoms with Gasteiger partial charge in [-0.25, -0.2) is 4.79 Å². The summed E-state index contributed by atoms with van der Waals surface area (Å²) in [6.45, 7) is -0.0233. The summed E-state index contributed by atoms with van der Waals surface area (Å²) in [5, 5.41) is 23.2. The predicted octanol–water partition coefficient (Wildman–Crippen LogP) is 8.45. The average Bonchev–Trinajstić information content (AvgIpc) is 4.00. The lowest BCUT2D eigenvalue weighted by Crippen LogP contribution is -2.53. The Kier molecular flexibility index (Phi) is 11.9. The lowest BCUT2D eigenvalue weighted by atomic mass is 9.77. The first-order valence-corrected chi connectivity index (χ1v) is 19.1. The first-order valence-electron chi connectivity index (χ1n) is 18.4. The summed E-state index contributed by atoms with van der Waals surface area (Å²) in [6.07, 6.45) is 5.39. The summed E-state index contributed by atoms with van der Waals surface area (Å²) < 4.78 is 44.2. The molecule has 3 saturated heterocycles. The Labute approximate surface area is 327 Å². The third-order valence-electron chi connectivity index (χ3n) is 10.7. The van der Waals surface area contributed by atoms with Gasteiger partial charge in [0.2, 0.25) is 0 Å². The van der Waals surface area contributed by atoms with Crippen LogP contribution in [-0.2, 0) is 22.5 Å². The van der Waals surface area contributed by atoms with Crippen molar-refractivity contribution in [1.29, 1.82) is 0 Å². The number of hydrogen-bond acceptors (Lipinski definition) is 7. The van der Waals surface area contributed by atoms with E-state index in [1.54, 1.807) is 23.1 Å². The molecule has 14 heteroatoms. The van der Waals surface area contributed by atoms with Gasteiger partial charge in [-0.15, -0.1) is 0 Å². The topological polar surface area (TPSA) is 115 Å². The fourth-order valence-corrected chi connectivity index (χ4v) is 8.25. The van der Waals surface area contributed by atoms with Crippen LogP contribution in [0.4, 0.5) is 19.3 Å². The molecule has 0 spiro atoms. The molecule has 1 N–H and O–H groups in total. The molecule has 10 nitrogen and oxygen atoms in total. The van der Waals surface area contributed by atoms with Crippen molar-refractivity contribution in [3.05, 3.63) is 123 Å². The Balaban J connectivity index is 1.24. The van der Waals surface area contributed by atoms with Crippen LogP contribution in [0.2, 0.25) is 10.0 Å². The quantitative estimate of drug-likeness (QED) is 0.0942. The van der Waals surface area contributed by atoms with Gasteiger partial charge < -0.3 is 24.5 Å². The van der Waals surface area contributed by atoms with Crippen LogP contribution in [-0.4, -0.2) is 61.0 Å². The number of para-hydroxylation sites is 1. The number of carbonyl (C=O) groups is 2. The van der Waals surface area contributed by atoms with Crippen molar-refractivity contribution >= 4 is 41.0 Å². The monoisotopic (exact) mass is 795 g/mol. The third-order valence-corrected chi connectivity index (χ3v) is 11.4. The molecule has 4 aliphatic rings. The van der Waals surface area contributed by atoms with Crippen molar-refractivity contribution in [1.82, 2.24) is 4.90 Å². The van der Waals surface area contributed by atoms with Crippen molar-refractivity contribution in [2.24, 2.45) is 11.8 Å². The minimum atomic E-state index is -3.11. The number of amides is 1. The van der Waals surface area contributed by atoms with E-state index < -0.39 is 30.5 Å². The smallest absolute Gasteiger partial charge is 0.414 e. The van der Waals surface area contributed by atoms with Crippen molar-refractivity contribution in [2.75, 3.05) is 31.1 Å². The van der Waals surface area contributed by atoms with Gasteiger partial charge >= 0.3 is 18.7 Å². The highest BCUT2D eigenvalue weighted by molar-refractivity contribution is 6.35. The Hall–Kier alpha value is -4.65. The number of hydrogen-bond donors (Lipinski definition) is 1. The molecule has 4 heterocycles. The summed E-state index contributed by atoms with van der Waals surface area (Å²) in [4.78, 5) is 31.2. The van der Waals surface area contributed by atoms with E-state index in [-0.39, 0.29) is 53.1 Å². The molecule has 290 valence electrons. The molecule has 3 aromatic carbocycles. The van der Waals surface area contributed by atoms with Gasteiger partial charge in [-0.05, 0) is 98.0 Å². The van der Waals surface area contributed by atoms with Gasteiger partial charge in [-0.3, -0.25) is 14.6 Å². The van der Waals surface area contributed by atoms with Crippen molar-refractivity contribution in [3.63, 3.8) is 0 Å². The number of aliphatic carboxylic acids is 1. The molecule has 4 aromatic rings. The molecule has 4 fully saturated rings. The van der Waals surface area contributed by atoms with Crippen LogP contribution in [0.15, 0.2) is 85.2 Å². The normalized spacial score (nSPS) is 20.1. The van der Waals surface area contributed by atoms with E-state index in [1.807, 2.05) is 36.4 Å². The maximum absolute atomic E-state index is 13.9. The van der Waals surface area contributed by atoms with Gasteiger partial charge in [0.25, 0.3) is 0 Å². The molecule has 8 rings (SSSR count). The number of aromatic nitrogens is 1. The number of carbonyl (C=O) groups excluding carboxylic acids is 1. The first kappa shape index (κ1) is 38.6. The van der Waals surface area contributed by atoms with E-state index in [0.29, 0.717) is 45.1 Å².